The zero-order valence-corrected chi connectivity index (χ0v) is 19.3. The van der Waals surface area contributed by atoms with Crippen molar-refractivity contribution >= 4 is 11.7 Å². The Hall–Kier alpha value is -2.71. The molecule has 0 heterocycles. The fourth-order valence-corrected chi connectivity index (χ4v) is 3.04. The number of hydrogen-bond donors (Lipinski definition) is 2. The molecule has 2 N–H and O–H groups in total. The van der Waals surface area contributed by atoms with Crippen LogP contribution in [0.4, 0.5) is 36.8 Å². The molecule has 2 rings (SSSR count). The Balaban J connectivity index is 2.26. The van der Waals surface area contributed by atoms with Gasteiger partial charge < -0.3 is 10.6 Å². The Morgan fingerprint density at radius 1 is 0.667 bits per heavy atom. The topological polar surface area (TPSA) is 41.1 Å². The van der Waals surface area contributed by atoms with Crippen LogP contribution in [-0.2, 0) is 29.7 Å². The minimum absolute atomic E-state index is 0.0512. The molecule has 0 saturated carbocycles. The number of nitrogens with one attached hydrogen (secondary N) is 2. The molecule has 0 fully saturated rings. The van der Waals surface area contributed by atoms with Crippen LogP contribution in [0.5, 0.6) is 0 Å². The minimum atomic E-state index is -4.95. The van der Waals surface area contributed by atoms with Gasteiger partial charge in [0.25, 0.3) is 0 Å². The van der Waals surface area contributed by atoms with Crippen molar-refractivity contribution in [3.8, 4) is 0 Å². The van der Waals surface area contributed by atoms with E-state index in [1.54, 1.807) is 12.1 Å². The van der Waals surface area contributed by atoms with Crippen molar-refractivity contribution < 1.29 is 31.1 Å². The number of halogens is 6. The van der Waals surface area contributed by atoms with E-state index in [9.17, 15) is 31.1 Å². The van der Waals surface area contributed by atoms with E-state index in [4.69, 9.17) is 0 Å². The third-order valence-corrected chi connectivity index (χ3v) is 5.02. The van der Waals surface area contributed by atoms with Crippen LogP contribution in [0.25, 0.3) is 0 Å². The normalized spacial score (nSPS) is 13.1. The van der Waals surface area contributed by atoms with E-state index in [-0.39, 0.29) is 22.5 Å². The molecule has 2 amide bonds. The van der Waals surface area contributed by atoms with E-state index in [0.717, 1.165) is 11.1 Å². The van der Waals surface area contributed by atoms with Gasteiger partial charge in [0.2, 0.25) is 0 Å². The fourth-order valence-electron chi connectivity index (χ4n) is 3.04. The van der Waals surface area contributed by atoms with E-state index < -0.39 is 36.1 Å². The minimum Gasteiger partial charge on any atom is -0.334 e. The van der Waals surface area contributed by atoms with Gasteiger partial charge in [0, 0.05) is 12.2 Å². The summed E-state index contributed by atoms with van der Waals surface area (Å²) in [7, 11) is 0. The standard InChI is InChI=1S/C24H28F6N2O/c1-21(2,3)15-9-16(22(4,5)6)12-19(11-15)32-20(33)31-13-14-7-17(23(25,26)27)10-18(8-14)24(28,29)30/h7-12H,13H2,1-6H3,(H2,31,32,33). The number of urea groups is 1. The third-order valence-electron chi connectivity index (χ3n) is 5.02. The first-order valence-electron chi connectivity index (χ1n) is 10.3. The maximum absolute atomic E-state index is 13.0. The number of carbonyl (C=O) groups excluding carboxylic acids is 1. The Morgan fingerprint density at radius 2 is 1.06 bits per heavy atom. The molecule has 3 nitrogen and oxygen atoms in total. The Kier molecular flexibility index (Phi) is 7.17. The summed E-state index contributed by atoms with van der Waals surface area (Å²) in [6.45, 7) is 11.6. The lowest BCUT2D eigenvalue weighted by Gasteiger charge is -2.26. The Morgan fingerprint density at radius 3 is 1.42 bits per heavy atom. The van der Waals surface area contributed by atoms with Crippen molar-refractivity contribution in [1.29, 1.82) is 0 Å². The van der Waals surface area contributed by atoms with E-state index in [1.165, 1.54) is 0 Å². The van der Waals surface area contributed by atoms with E-state index in [2.05, 4.69) is 10.6 Å². The molecule has 0 aliphatic rings. The summed E-state index contributed by atoms with van der Waals surface area (Å²) in [5.41, 5.74) is -1.17. The van der Waals surface area contributed by atoms with Crippen molar-refractivity contribution in [3.63, 3.8) is 0 Å². The summed E-state index contributed by atoms with van der Waals surface area (Å²) in [6.07, 6.45) is -9.90. The van der Waals surface area contributed by atoms with Crippen LogP contribution in [-0.4, -0.2) is 6.03 Å². The van der Waals surface area contributed by atoms with Crippen molar-refractivity contribution in [1.82, 2.24) is 5.32 Å². The first-order valence-corrected chi connectivity index (χ1v) is 10.3. The van der Waals surface area contributed by atoms with Crippen LogP contribution < -0.4 is 10.6 Å². The number of hydrogen-bond acceptors (Lipinski definition) is 1. The van der Waals surface area contributed by atoms with Gasteiger partial charge in [-0.1, -0.05) is 47.6 Å². The molecule has 0 spiro atoms. The number of amides is 2. The van der Waals surface area contributed by atoms with Gasteiger partial charge in [-0.15, -0.1) is 0 Å². The number of rotatable bonds is 3. The fraction of sp³-hybridized carbons (Fsp3) is 0.458. The van der Waals surface area contributed by atoms with Crippen LogP contribution in [0.1, 0.15) is 69.4 Å². The van der Waals surface area contributed by atoms with Crippen molar-refractivity contribution in [3.05, 3.63) is 64.2 Å². The second-order valence-electron chi connectivity index (χ2n) is 10.0. The average Bonchev–Trinajstić information content (AvgIpc) is 2.63. The molecule has 2 aromatic rings. The second kappa shape index (κ2) is 8.91. The van der Waals surface area contributed by atoms with E-state index in [0.29, 0.717) is 17.8 Å². The van der Waals surface area contributed by atoms with Crippen molar-refractivity contribution in [2.45, 2.75) is 71.3 Å². The maximum Gasteiger partial charge on any atom is 0.416 e. The van der Waals surface area contributed by atoms with Crippen molar-refractivity contribution in [2.75, 3.05) is 5.32 Å². The first-order chi connectivity index (χ1) is 14.8. The van der Waals surface area contributed by atoms with Gasteiger partial charge in [-0.05, 0) is 57.9 Å². The zero-order valence-electron chi connectivity index (χ0n) is 19.3. The molecule has 0 radical (unpaired) electrons. The molecule has 0 bridgehead atoms. The number of benzene rings is 2. The highest BCUT2D eigenvalue weighted by Gasteiger charge is 2.36. The summed E-state index contributed by atoms with van der Waals surface area (Å²) in [5, 5.41) is 4.97. The van der Waals surface area contributed by atoms with Crippen LogP contribution >= 0.6 is 0 Å². The summed E-state index contributed by atoms with van der Waals surface area (Å²) in [5.74, 6) is 0. The highest BCUT2D eigenvalue weighted by molar-refractivity contribution is 5.89. The van der Waals surface area contributed by atoms with Crippen LogP contribution in [0.2, 0.25) is 0 Å². The summed E-state index contributed by atoms with van der Waals surface area (Å²) in [6, 6.07) is 6.12. The molecule has 0 unspecified atom stereocenters. The largest absolute Gasteiger partial charge is 0.416 e. The van der Waals surface area contributed by atoms with Gasteiger partial charge in [-0.2, -0.15) is 26.3 Å². The lowest BCUT2D eigenvalue weighted by atomic mass is 9.80. The SMILES string of the molecule is CC(C)(C)c1cc(NC(=O)NCc2cc(C(F)(F)F)cc(C(F)(F)F)c2)cc(C(C)(C)C)c1. The highest BCUT2D eigenvalue weighted by atomic mass is 19.4. The summed E-state index contributed by atoms with van der Waals surface area (Å²) < 4.78 is 78.1. The smallest absolute Gasteiger partial charge is 0.334 e. The Labute approximate surface area is 189 Å². The lowest BCUT2D eigenvalue weighted by Crippen LogP contribution is -2.29. The monoisotopic (exact) mass is 474 g/mol. The zero-order chi connectivity index (χ0) is 25.4. The Bertz CT molecular complexity index is 947. The number of carbonyl (C=O) groups is 1. The number of alkyl halides is 6. The molecule has 182 valence electrons. The van der Waals surface area contributed by atoms with Gasteiger partial charge in [0.05, 0.1) is 11.1 Å². The molecule has 0 aliphatic carbocycles. The van der Waals surface area contributed by atoms with Gasteiger partial charge in [0.1, 0.15) is 0 Å². The number of anilines is 1. The molecule has 0 aromatic heterocycles. The van der Waals surface area contributed by atoms with Gasteiger partial charge in [0.15, 0.2) is 0 Å². The van der Waals surface area contributed by atoms with Crippen LogP contribution in [0.15, 0.2) is 36.4 Å². The van der Waals surface area contributed by atoms with Gasteiger partial charge >= 0.3 is 18.4 Å². The third kappa shape index (κ3) is 7.40. The molecular formula is C24H28F6N2O. The molecule has 2 aromatic carbocycles. The summed E-state index contributed by atoms with van der Waals surface area (Å²) >= 11 is 0. The maximum atomic E-state index is 13.0. The van der Waals surface area contributed by atoms with Gasteiger partial charge in [-0.25, -0.2) is 4.79 Å². The van der Waals surface area contributed by atoms with Crippen LogP contribution in [0, 0.1) is 0 Å². The molecule has 0 atom stereocenters. The van der Waals surface area contributed by atoms with E-state index in [1.807, 2.05) is 47.6 Å². The molecule has 0 saturated heterocycles. The molecular weight excluding hydrogens is 446 g/mol. The predicted octanol–water partition coefficient (Wildman–Crippen LogP) is 7.64. The highest BCUT2D eigenvalue weighted by Crippen LogP contribution is 2.36. The summed E-state index contributed by atoms with van der Waals surface area (Å²) in [4.78, 5) is 12.4. The second-order valence-corrected chi connectivity index (χ2v) is 10.0. The molecule has 33 heavy (non-hydrogen) atoms. The quantitative estimate of drug-likeness (QED) is 0.441. The van der Waals surface area contributed by atoms with Crippen molar-refractivity contribution in [2.24, 2.45) is 0 Å². The average molecular weight is 474 g/mol. The predicted molar refractivity (Wildman–Crippen MR) is 116 cm³/mol. The lowest BCUT2D eigenvalue weighted by molar-refractivity contribution is -0.143. The van der Waals surface area contributed by atoms with Gasteiger partial charge in [-0.3, -0.25) is 0 Å². The molecule has 0 aliphatic heterocycles. The molecule has 9 heteroatoms. The first kappa shape index (κ1) is 26.5. The van der Waals surface area contributed by atoms with E-state index >= 15 is 0 Å². The van der Waals surface area contributed by atoms with Crippen LogP contribution in [0.3, 0.4) is 0 Å².